The smallest absolute Gasteiger partial charge is 0.265 e. The van der Waals surface area contributed by atoms with E-state index in [1.54, 1.807) is 12.1 Å². The highest BCUT2D eigenvalue weighted by Crippen LogP contribution is 2.24. The Kier molecular flexibility index (Phi) is 6.13. The molecule has 6 nitrogen and oxygen atoms in total. The molecule has 28 heavy (non-hydrogen) atoms. The van der Waals surface area contributed by atoms with Gasteiger partial charge in [-0.3, -0.25) is 4.79 Å². The molecule has 0 spiro atoms. The summed E-state index contributed by atoms with van der Waals surface area (Å²) in [6.45, 7) is 0.340. The summed E-state index contributed by atoms with van der Waals surface area (Å²) in [6.07, 6.45) is 0.603. The van der Waals surface area contributed by atoms with Gasteiger partial charge in [0, 0.05) is 30.7 Å². The molecule has 1 aromatic heterocycles. The number of thiophene rings is 1. The molecule has 0 aliphatic carbocycles. The van der Waals surface area contributed by atoms with Crippen molar-refractivity contribution in [3.63, 3.8) is 0 Å². The van der Waals surface area contributed by atoms with Crippen LogP contribution in [0.2, 0.25) is 0 Å². The number of phenols is 1. The van der Waals surface area contributed by atoms with Crippen LogP contribution in [0, 0.1) is 0 Å². The minimum Gasteiger partial charge on any atom is -0.508 e. The summed E-state index contributed by atoms with van der Waals surface area (Å²) < 4.78 is 26.8. The van der Waals surface area contributed by atoms with Gasteiger partial charge in [0.2, 0.25) is 10.0 Å². The van der Waals surface area contributed by atoms with Gasteiger partial charge in [-0.1, -0.05) is 36.4 Å². The zero-order chi connectivity index (χ0) is 20.1. The van der Waals surface area contributed by atoms with Gasteiger partial charge in [-0.05, 0) is 30.2 Å². The standard InChI is InChI=1S/C20H20N2O4S2/c1-22(11-10-15-6-3-2-4-7-15)28(25,26)18-13-19(27-14-18)20(24)21-16-8-5-9-17(23)12-16/h2-9,12-14,23H,10-11H2,1H3,(H,21,24). The number of likely N-dealkylation sites (N-methyl/N-ethyl adjacent to an activating group) is 1. The number of hydrogen-bond acceptors (Lipinski definition) is 5. The minimum atomic E-state index is -3.68. The van der Waals surface area contributed by atoms with Crippen molar-refractivity contribution in [2.75, 3.05) is 18.9 Å². The molecular weight excluding hydrogens is 396 g/mol. The number of carbonyl (C=O) groups is 1. The van der Waals surface area contributed by atoms with Crippen LogP contribution in [-0.2, 0) is 16.4 Å². The van der Waals surface area contributed by atoms with Crippen molar-refractivity contribution in [1.29, 1.82) is 0 Å². The maximum atomic E-state index is 12.8. The quantitative estimate of drug-likeness (QED) is 0.616. The zero-order valence-corrected chi connectivity index (χ0v) is 16.8. The Morgan fingerprint density at radius 3 is 2.57 bits per heavy atom. The van der Waals surface area contributed by atoms with Crippen LogP contribution in [0.15, 0.2) is 70.9 Å². The Hall–Kier alpha value is -2.68. The molecule has 0 bridgehead atoms. The first-order chi connectivity index (χ1) is 13.4. The zero-order valence-electron chi connectivity index (χ0n) is 15.2. The molecule has 0 aliphatic rings. The molecule has 0 atom stereocenters. The summed E-state index contributed by atoms with van der Waals surface area (Å²) in [5.41, 5.74) is 1.49. The van der Waals surface area contributed by atoms with E-state index in [-0.39, 0.29) is 15.5 Å². The lowest BCUT2D eigenvalue weighted by Gasteiger charge is -2.16. The SMILES string of the molecule is CN(CCc1ccccc1)S(=O)(=O)c1csc(C(=O)Nc2cccc(O)c2)c1. The summed E-state index contributed by atoms with van der Waals surface area (Å²) in [7, 11) is -2.15. The molecule has 2 N–H and O–H groups in total. The number of rotatable bonds is 7. The Morgan fingerprint density at radius 2 is 1.86 bits per heavy atom. The molecule has 0 saturated carbocycles. The third-order valence-electron chi connectivity index (χ3n) is 4.17. The van der Waals surface area contributed by atoms with Crippen LogP contribution >= 0.6 is 11.3 Å². The third kappa shape index (κ3) is 4.78. The largest absolute Gasteiger partial charge is 0.508 e. The molecule has 2 aromatic carbocycles. The van der Waals surface area contributed by atoms with E-state index >= 15 is 0 Å². The highest BCUT2D eigenvalue weighted by atomic mass is 32.2. The lowest BCUT2D eigenvalue weighted by molar-refractivity contribution is 0.103. The number of nitrogens with one attached hydrogen (secondary N) is 1. The Balaban J connectivity index is 1.68. The summed E-state index contributed by atoms with van der Waals surface area (Å²) in [5, 5.41) is 13.6. The van der Waals surface area contributed by atoms with Gasteiger partial charge in [0.05, 0.1) is 9.77 Å². The van der Waals surface area contributed by atoms with Crippen LogP contribution in [0.1, 0.15) is 15.2 Å². The Bertz CT molecular complexity index is 1060. The lowest BCUT2D eigenvalue weighted by atomic mass is 10.2. The number of benzene rings is 2. The van der Waals surface area contributed by atoms with Gasteiger partial charge in [0.15, 0.2) is 0 Å². The highest BCUT2D eigenvalue weighted by molar-refractivity contribution is 7.89. The lowest BCUT2D eigenvalue weighted by Crippen LogP contribution is -2.28. The molecule has 1 amide bonds. The second-order valence-corrected chi connectivity index (χ2v) is 9.17. The van der Waals surface area contributed by atoms with Crippen molar-refractivity contribution < 1.29 is 18.3 Å². The first-order valence-electron chi connectivity index (χ1n) is 8.55. The van der Waals surface area contributed by atoms with Crippen LogP contribution in [0.5, 0.6) is 5.75 Å². The molecular formula is C20H20N2O4S2. The van der Waals surface area contributed by atoms with Crippen LogP contribution in [0.3, 0.4) is 0 Å². The molecule has 146 valence electrons. The summed E-state index contributed by atoms with van der Waals surface area (Å²) >= 11 is 1.06. The fraction of sp³-hybridized carbons (Fsp3) is 0.150. The fourth-order valence-electron chi connectivity index (χ4n) is 2.58. The van der Waals surface area contributed by atoms with Crippen molar-refractivity contribution in [3.05, 3.63) is 76.5 Å². The summed E-state index contributed by atoms with van der Waals surface area (Å²) in [5.74, 6) is -0.392. The molecule has 8 heteroatoms. The average molecular weight is 417 g/mol. The number of anilines is 1. The van der Waals surface area contributed by atoms with Crippen molar-refractivity contribution in [3.8, 4) is 5.75 Å². The summed E-state index contributed by atoms with van der Waals surface area (Å²) in [6, 6.07) is 17.2. The number of phenolic OH excluding ortho intramolecular Hbond substituents is 1. The molecule has 0 aliphatic heterocycles. The highest BCUT2D eigenvalue weighted by Gasteiger charge is 2.23. The molecule has 3 aromatic rings. The molecule has 0 radical (unpaired) electrons. The molecule has 0 saturated heterocycles. The maximum absolute atomic E-state index is 12.8. The first kappa shape index (κ1) is 20.1. The topological polar surface area (TPSA) is 86.7 Å². The van der Waals surface area contributed by atoms with Crippen molar-refractivity contribution >= 4 is 33.0 Å². The van der Waals surface area contributed by atoms with E-state index in [0.717, 1.165) is 16.9 Å². The van der Waals surface area contributed by atoms with Gasteiger partial charge < -0.3 is 10.4 Å². The normalized spacial score (nSPS) is 11.5. The number of amides is 1. The van der Waals surface area contributed by atoms with E-state index < -0.39 is 15.9 Å². The van der Waals surface area contributed by atoms with Crippen molar-refractivity contribution in [2.45, 2.75) is 11.3 Å². The second kappa shape index (κ2) is 8.55. The van der Waals surface area contributed by atoms with E-state index in [1.807, 2.05) is 30.3 Å². The Morgan fingerprint density at radius 1 is 1.11 bits per heavy atom. The van der Waals surface area contributed by atoms with Crippen molar-refractivity contribution in [1.82, 2.24) is 4.31 Å². The first-order valence-corrected chi connectivity index (χ1v) is 10.9. The van der Waals surface area contributed by atoms with Crippen LogP contribution < -0.4 is 5.32 Å². The van der Waals surface area contributed by atoms with Crippen LogP contribution in [0.25, 0.3) is 0 Å². The number of nitrogens with zero attached hydrogens (tertiary/aromatic N) is 1. The minimum absolute atomic E-state index is 0.0345. The van der Waals surface area contributed by atoms with E-state index in [1.165, 1.54) is 34.9 Å². The number of carbonyl (C=O) groups excluding carboxylic acids is 1. The van der Waals surface area contributed by atoms with Gasteiger partial charge in [0.1, 0.15) is 5.75 Å². The number of sulfonamides is 1. The van der Waals surface area contributed by atoms with Gasteiger partial charge in [-0.25, -0.2) is 12.7 Å². The average Bonchev–Trinajstić information content (AvgIpc) is 3.18. The monoisotopic (exact) mass is 416 g/mol. The predicted molar refractivity (Wildman–Crippen MR) is 110 cm³/mol. The van der Waals surface area contributed by atoms with E-state index in [0.29, 0.717) is 18.7 Å². The summed E-state index contributed by atoms with van der Waals surface area (Å²) in [4.78, 5) is 12.7. The van der Waals surface area contributed by atoms with E-state index in [9.17, 15) is 18.3 Å². The number of hydrogen-bond donors (Lipinski definition) is 2. The van der Waals surface area contributed by atoms with E-state index in [4.69, 9.17) is 0 Å². The molecule has 0 unspecified atom stereocenters. The van der Waals surface area contributed by atoms with Gasteiger partial charge in [-0.2, -0.15) is 0 Å². The predicted octanol–water partition coefficient (Wildman–Crippen LogP) is 3.57. The fourth-order valence-corrected chi connectivity index (χ4v) is 4.91. The van der Waals surface area contributed by atoms with E-state index in [2.05, 4.69) is 5.32 Å². The van der Waals surface area contributed by atoms with Gasteiger partial charge in [-0.15, -0.1) is 11.3 Å². The van der Waals surface area contributed by atoms with Gasteiger partial charge >= 0.3 is 0 Å². The van der Waals surface area contributed by atoms with Crippen LogP contribution in [-0.4, -0.2) is 37.3 Å². The molecule has 1 heterocycles. The molecule has 3 rings (SSSR count). The maximum Gasteiger partial charge on any atom is 0.265 e. The molecule has 0 fully saturated rings. The van der Waals surface area contributed by atoms with Gasteiger partial charge in [0.25, 0.3) is 5.91 Å². The van der Waals surface area contributed by atoms with Crippen LogP contribution in [0.4, 0.5) is 5.69 Å². The van der Waals surface area contributed by atoms with Crippen molar-refractivity contribution in [2.24, 2.45) is 0 Å². The Labute approximate surface area is 168 Å². The second-order valence-electron chi connectivity index (χ2n) is 6.21. The third-order valence-corrected chi connectivity index (χ3v) is 7.08. The number of aromatic hydroxyl groups is 1.